The van der Waals surface area contributed by atoms with Crippen LogP contribution in [-0.2, 0) is 11.8 Å². The van der Waals surface area contributed by atoms with Crippen molar-refractivity contribution < 1.29 is 0 Å². The van der Waals surface area contributed by atoms with Crippen molar-refractivity contribution in [3.8, 4) is 0 Å². The van der Waals surface area contributed by atoms with Crippen LogP contribution in [0, 0.1) is 27.7 Å². The lowest BCUT2D eigenvalue weighted by Gasteiger charge is -2.37. The van der Waals surface area contributed by atoms with Crippen molar-refractivity contribution in [2.24, 2.45) is 0 Å². The van der Waals surface area contributed by atoms with E-state index in [2.05, 4.69) is 103 Å². The Balaban J connectivity index is 1.99. The fourth-order valence-electron chi connectivity index (χ4n) is 5.52. The summed E-state index contributed by atoms with van der Waals surface area (Å²) >= 11 is 0. The van der Waals surface area contributed by atoms with Crippen molar-refractivity contribution in [3.05, 3.63) is 111 Å². The molecule has 0 nitrogen and oxygen atoms in total. The zero-order valence-electron chi connectivity index (χ0n) is 18.7. The second-order valence-corrected chi connectivity index (χ2v) is 9.20. The third kappa shape index (κ3) is 3.06. The smallest absolute Gasteiger partial charge is 0.0311 e. The molecule has 29 heavy (non-hydrogen) atoms. The molecule has 3 aromatic rings. The molecule has 1 aliphatic carbocycles. The van der Waals surface area contributed by atoms with Crippen LogP contribution in [0.2, 0.25) is 0 Å². The number of benzene rings is 3. The van der Waals surface area contributed by atoms with Crippen LogP contribution >= 0.6 is 0 Å². The predicted octanol–water partition coefficient (Wildman–Crippen LogP) is 7.60. The number of rotatable bonds is 3. The Bertz CT molecular complexity index is 1100. The molecule has 1 aliphatic rings. The maximum absolute atomic E-state index is 4.22. The first-order valence-corrected chi connectivity index (χ1v) is 10.7. The molecule has 0 heteroatoms. The van der Waals surface area contributed by atoms with Gasteiger partial charge in [-0.1, -0.05) is 84.8 Å². The van der Waals surface area contributed by atoms with Gasteiger partial charge in [0.05, 0.1) is 0 Å². The average Bonchev–Trinajstić information content (AvgIpc) is 2.94. The lowest BCUT2D eigenvalue weighted by atomic mass is 9.65. The van der Waals surface area contributed by atoms with Crippen LogP contribution < -0.4 is 0 Å². The van der Waals surface area contributed by atoms with Crippen molar-refractivity contribution in [3.63, 3.8) is 0 Å². The van der Waals surface area contributed by atoms with Crippen LogP contribution in [0.5, 0.6) is 0 Å². The van der Waals surface area contributed by atoms with Crippen LogP contribution in [0.1, 0.15) is 69.8 Å². The molecule has 0 N–H and O–H groups in total. The van der Waals surface area contributed by atoms with Crippen LogP contribution in [0.25, 0.3) is 5.57 Å². The minimum absolute atomic E-state index is 0.0338. The molecule has 4 rings (SSSR count). The lowest BCUT2D eigenvalue weighted by molar-refractivity contribution is 0.465. The number of aryl methyl sites for hydroxylation is 4. The maximum Gasteiger partial charge on any atom is 0.0311 e. The molecule has 0 aromatic heterocycles. The summed E-state index contributed by atoms with van der Waals surface area (Å²) in [6.07, 6.45) is 1.05. The third-order valence-electron chi connectivity index (χ3n) is 7.05. The molecule has 0 heterocycles. The summed E-state index contributed by atoms with van der Waals surface area (Å²) in [6.45, 7) is 17.6. The molecule has 2 unspecified atom stereocenters. The van der Waals surface area contributed by atoms with E-state index in [1.165, 1.54) is 50.1 Å². The summed E-state index contributed by atoms with van der Waals surface area (Å²) in [5, 5.41) is 0. The summed E-state index contributed by atoms with van der Waals surface area (Å²) < 4.78 is 0. The molecule has 0 aliphatic heterocycles. The molecule has 0 amide bonds. The van der Waals surface area contributed by atoms with Crippen LogP contribution in [0.3, 0.4) is 0 Å². The van der Waals surface area contributed by atoms with Gasteiger partial charge in [-0.3, -0.25) is 0 Å². The molecule has 148 valence electrons. The molecular weight excluding hydrogens is 348 g/mol. The summed E-state index contributed by atoms with van der Waals surface area (Å²) in [5.74, 6) is 0.403. The molecule has 0 spiro atoms. The van der Waals surface area contributed by atoms with Gasteiger partial charge in [0.2, 0.25) is 0 Å². The van der Waals surface area contributed by atoms with Crippen molar-refractivity contribution >= 4 is 5.57 Å². The van der Waals surface area contributed by atoms with Crippen molar-refractivity contribution in [1.82, 2.24) is 0 Å². The van der Waals surface area contributed by atoms with Crippen LogP contribution in [-0.4, -0.2) is 0 Å². The highest BCUT2D eigenvalue weighted by molar-refractivity contribution is 5.68. The maximum atomic E-state index is 4.22. The largest absolute Gasteiger partial charge is 0.0955 e. The van der Waals surface area contributed by atoms with Gasteiger partial charge in [-0.05, 0) is 85.9 Å². The minimum Gasteiger partial charge on any atom is -0.0955 e. The van der Waals surface area contributed by atoms with E-state index in [-0.39, 0.29) is 5.41 Å². The Morgan fingerprint density at radius 1 is 0.862 bits per heavy atom. The first-order valence-electron chi connectivity index (χ1n) is 10.7. The van der Waals surface area contributed by atoms with Crippen molar-refractivity contribution in [1.29, 1.82) is 0 Å². The van der Waals surface area contributed by atoms with Crippen LogP contribution in [0.15, 0.2) is 61.2 Å². The third-order valence-corrected chi connectivity index (χ3v) is 7.05. The van der Waals surface area contributed by atoms with Gasteiger partial charge in [-0.15, -0.1) is 0 Å². The molecular formula is C29H32. The van der Waals surface area contributed by atoms with Crippen molar-refractivity contribution in [2.45, 2.75) is 59.3 Å². The fraction of sp³-hybridized carbons (Fsp3) is 0.310. The number of hydrogen-bond donors (Lipinski definition) is 0. The molecule has 2 atom stereocenters. The molecule has 3 aromatic carbocycles. The Morgan fingerprint density at radius 3 is 2.14 bits per heavy atom. The molecule has 0 bridgehead atoms. The Labute approximate surface area is 176 Å². The van der Waals surface area contributed by atoms with Gasteiger partial charge in [-0.2, -0.15) is 0 Å². The van der Waals surface area contributed by atoms with E-state index in [0.29, 0.717) is 5.92 Å². The first kappa shape index (κ1) is 19.7. The Morgan fingerprint density at radius 2 is 1.52 bits per heavy atom. The Hall–Kier alpha value is -2.60. The minimum atomic E-state index is -0.0338. The van der Waals surface area contributed by atoms with E-state index in [1.54, 1.807) is 0 Å². The number of fused-ring (bicyclic) bond motifs is 1. The quantitative estimate of drug-likeness (QED) is 0.439. The summed E-state index contributed by atoms with van der Waals surface area (Å²) in [5.41, 5.74) is 13.6. The van der Waals surface area contributed by atoms with Gasteiger partial charge in [0, 0.05) is 5.41 Å². The first-order chi connectivity index (χ1) is 13.7. The second kappa shape index (κ2) is 7.02. The molecule has 0 fully saturated rings. The highest BCUT2D eigenvalue weighted by Gasteiger charge is 2.47. The zero-order chi connectivity index (χ0) is 20.9. The van der Waals surface area contributed by atoms with Gasteiger partial charge in [0.25, 0.3) is 0 Å². The van der Waals surface area contributed by atoms with Gasteiger partial charge in [-0.25, -0.2) is 0 Å². The lowest BCUT2D eigenvalue weighted by Crippen LogP contribution is -2.32. The standard InChI is InChI=1S/C29H32/c1-18(2)26-16-27-23(7)29(17-24(27)15-21(26)5,25-11-8-19(3)9-12-25)28-13-10-20(4)14-22(28)6/h8-16,23H,1,17H2,2-7H3. The Kier molecular flexibility index (Phi) is 4.77. The van der Waals surface area contributed by atoms with E-state index in [9.17, 15) is 0 Å². The number of hydrogen-bond acceptors (Lipinski definition) is 0. The SMILES string of the molecule is C=C(C)c1cc2c(cc1C)CC(c1ccc(C)cc1)(c1ccc(C)cc1C)C2C. The van der Waals surface area contributed by atoms with E-state index in [1.807, 2.05) is 0 Å². The van der Waals surface area contributed by atoms with Gasteiger partial charge < -0.3 is 0 Å². The predicted molar refractivity (Wildman–Crippen MR) is 126 cm³/mol. The highest BCUT2D eigenvalue weighted by atomic mass is 14.5. The van der Waals surface area contributed by atoms with Gasteiger partial charge in [0.1, 0.15) is 0 Å². The molecule has 0 saturated heterocycles. The van der Waals surface area contributed by atoms with E-state index >= 15 is 0 Å². The summed E-state index contributed by atoms with van der Waals surface area (Å²) in [7, 11) is 0. The van der Waals surface area contributed by atoms with E-state index in [4.69, 9.17) is 0 Å². The fourth-order valence-corrected chi connectivity index (χ4v) is 5.52. The summed E-state index contributed by atoms with van der Waals surface area (Å²) in [6, 6.07) is 21.0. The second-order valence-electron chi connectivity index (χ2n) is 9.20. The van der Waals surface area contributed by atoms with Crippen molar-refractivity contribution in [2.75, 3.05) is 0 Å². The topological polar surface area (TPSA) is 0 Å². The summed E-state index contributed by atoms with van der Waals surface area (Å²) in [4.78, 5) is 0. The number of allylic oxidation sites excluding steroid dienone is 1. The van der Waals surface area contributed by atoms with E-state index in [0.717, 1.165) is 12.0 Å². The highest BCUT2D eigenvalue weighted by Crippen LogP contribution is 2.54. The molecule has 0 saturated carbocycles. The average molecular weight is 381 g/mol. The molecule has 0 radical (unpaired) electrons. The zero-order valence-corrected chi connectivity index (χ0v) is 18.7. The van der Waals surface area contributed by atoms with E-state index < -0.39 is 0 Å². The van der Waals surface area contributed by atoms with Gasteiger partial charge >= 0.3 is 0 Å². The van der Waals surface area contributed by atoms with Gasteiger partial charge in [0.15, 0.2) is 0 Å². The monoisotopic (exact) mass is 380 g/mol. The normalized spacial score (nSPS) is 20.6. The van der Waals surface area contributed by atoms with Crippen LogP contribution in [0.4, 0.5) is 0 Å².